The Morgan fingerprint density at radius 1 is 1.06 bits per heavy atom. The minimum atomic E-state index is -1.05. The van der Waals surface area contributed by atoms with Crippen LogP contribution in [0.4, 0.5) is 9.18 Å². The topological polar surface area (TPSA) is 66.0 Å². The van der Waals surface area contributed by atoms with Gasteiger partial charge in [-0.25, -0.2) is 4.79 Å². The summed E-state index contributed by atoms with van der Waals surface area (Å²) >= 11 is 0. The molecule has 1 aliphatic heterocycles. The quantitative estimate of drug-likeness (QED) is 0.496. The van der Waals surface area contributed by atoms with Gasteiger partial charge >= 0.3 is 13.2 Å². The van der Waals surface area contributed by atoms with Crippen molar-refractivity contribution in [2.24, 2.45) is 0 Å². The standard InChI is InChI=1S/C23H37BFNO5/c1-20(2,3)29-19(27)26-23(8,9)28-18(14-15-25)16-10-12-17(13-11-16)24-30-21(4,5)22(6,7)31-24/h10-13,18H,14-15H2,1-9H3,(H,26,27)/t18-/m0/s1. The molecule has 1 amide bonds. The summed E-state index contributed by atoms with van der Waals surface area (Å²) in [4.78, 5) is 12.1. The molecule has 1 N–H and O–H groups in total. The van der Waals surface area contributed by atoms with Crippen LogP contribution >= 0.6 is 0 Å². The molecule has 1 atom stereocenters. The second kappa shape index (κ2) is 9.08. The van der Waals surface area contributed by atoms with Crippen molar-refractivity contribution in [1.29, 1.82) is 0 Å². The maximum atomic E-state index is 13.3. The van der Waals surface area contributed by atoms with Crippen LogP contribution in [-0.2, 0) is 18.8 Å². The molecule has 0 aromatic heterocycles. The molecule has 1 heterocycles. The number of ether oxygens (including phenoxy) is 2. The first-order valence-corrected chi connectivity index (χ1v) is 10.8. The summed E-state index contributed by atoms with van der Waals surface area (Å²) in [5.41, 5.74) is -0.834. The third-order valence-electron chi connectivity index (χ3n) is 5.44. The third kappa shape index (κ3) is 6.92. The highest BCUT2D eigenvalue weighted by molar-refractivity contribution is 6.62. The van der Waals surface area contributed by atoms with E-state index < -0.39 is 48.5 Å². The largest absolute Gasteiger partial charge is 0.494 e. The number of rotatable bonds is 7. The first-order chi connectivity index (χ1) is 14.1. The van der Waals surface area contributed by atoms with E-state index >= 15 is 0 Å². The van der Waals surface area contributed by atoms with E-state index in [1.807, 2.05) is 52.0 Å². The van der Waals surface area contributed by atoms with E-state index in [0.717, 1.165) is 11.0 Å². The fraction of sp³-hybridized carbons (Fsp3) is 0.696. The molecule has 8 heteroatoms. The predicted octanol–water partition coefficient (Wildman–Crippen LogP) is 4.66. The first kappa shape index (κ1) is 25.6. The second-order valence-corrected chi connectivity index (χ2v) is 10.5. The third-order valence-corrected chi connectivity index (χ3v) is 5.44. The van der Waals surface area contributed by atoms with Crippen LogP contribution < -0.4 is 10.8 Å². The predicted molar refractivity (Wildman–Crippen MR) is 120 cm³/mol. The van der Waals surface area contributed by atoms with Crippen molar-refractivity contribution in [3.05, 3.63) is 29.8 Å². The number of amides is 1. The highest BCUT2D eigenvalue weighted by Crippen LogP contribution is 2.36. The molecule has 0 saturated carbocycles. The molecule has 0 bridgehead atoms. The Bertz CT molecular complexity index is 742. The van der Waals surface area contributed by atoms with E-state index in [9.17, 15) is 9.18 Å². The normalized spacial score (nSPS) is 19.2. The molecule has 0 radical (unpaired) electrons. The van der Waals surface area contributed by atoms with Crippen LogP contribution in [0.2, 0.25) is 0 Å². The Labute approximate surface area is 186 Å². The zero-order valence-electron chi connectivity index (χ0n) is 20.3. The van der Waals surface area contributed by atoms with Crippen molar-refractivity contribution in [2.75, 3.05) is 6.67 Å². The van der Waals surface area contributed by atoms with Crippen LogP contribution in [0.3, 0.4) is 0 Å². The van der Waals surface area contributed by atoms with Crippen molar-refractivity contribution in [2.45, 2.75) is 97.4 Å². The molecular formula is C23H37BFNO5. The SMILES string of the molecule is CC(C)(C)OC(=O)NC(C)(C)O[C@@H](CCF)c1ccc(B2OC(C)(C)C(C)(C)O2)cc1. The van der Waals surface area contributed by atoms with Crippen LogP contribution in [-0.4, -0.2) is 42.4 Å². The Morgan fingerprint density at radius 3 is 2.03 bits per heavy atom. The van der Waals surface area contributed by atoms with Gasteiger partial charge in [-0.05, 0) is 73.3 Å². The van der Waals surface area contributed by atoms with Gasteiger partial charge in [0.1, 0.15) is 11.3 Å². The summed E-state index contributed by atoms with van der Waals surface area (Å²) in [6, 6.07) is 7.56. The van der Waals surface area contributed by atoms with Gasteiger partial charge in [-0.15, -0.1) is 0 Å². The van der Waals surface area contributed by atoms with Crippen molar-refractivity contribution in [3.63, 3.8) is 0 Å². The number of hydrogen-bond donors (Lipinski definition) is 1. The Morgan fingerprint density at radius 2 is 1.58 bits per heavy atom. The Kier molecular flexibility index (Phi) is 7.51. The lowest BCUT2D eigenvalue weighted by Gasteiger charge is -2.32. The van der Waals surface area contributed by atoms with E-state index in [0.29, 0.717) is 0 Å². The van der Waals surface area contributed by atoms with Crippen LogP contribution in [0.25, 0.3) is 0 Å². The minimum Gasteiger partial charge on any atom is -0.444 e. The smallest absolute Gasteiger partial charge is 0.444 e. The molecule has 1 aliphatic rings. The Hall–Kier alpha value is -1.64. The number of hydrogen-bond acceptors (Lipinski definition) is 5. The first-order valence-electron chi connectivity index (χ1n) is 10.8. The molecule has 1 aromatic carbocycles. The lowest BCUT2D eigenvalue weighted by atomic mass is 9.78. The van der Waals surface area contributed by atoms with Gasteiger partial charge in [0.25, 0.3) is 0 Å². The second-order valence-electron chi connectivity index (χ2n) is 10.5. The number of carbonyl (C=O) groups excluding carboxylic acids is 1. The Balaban J connectivity index is 2.10. The molecule has 0 unspecified atom stereocenters. The van der Waals surface area contributed by atoms with E-state index in [1.54, 1.807) is 34.6 Å². The summed E-state index contributed by atoms with van der Waals surface area (Å²) in [5, 5.41) is 2.70. The van der Waals surface area contributed by atoms with E-state index in [1.165, 1.54) is 0 Å². The summed E-state index contributed by atoms with van der Waals surface area (Å²) in [6.45, 7) is 16.3. The van der Waals surface area contributed by atoms with Gasteiger partial charge in [0.05, 0.1) is 24.0 Å². The average Bonchev–Trinajstić information content (AvgIpc) is 2.80. The van der Waals surface area contributed by atoms with Crippen LogP contribution in [0.15, 0.2) is 24.3 Å². The average molecular weight is 437 g/mol. The molecule has 1 saturated heterocycles. The van der Waals surface area contributed by atoms with Crippen molar-refractivity contribution in [3.8, 4) is 0 Å². The number of carbonyl (C=O) groups is 1. The van der Waals surface area contributed by atoms with Gasteiger partial charge < -0.3 is 18.8 Å². The molecule has 0 spiro atoms. The molecular weight excluding hydrogens is 400 g/mol. The highest BCUT2D eigenvalue weighted by atomic mass is 19.1. The molecule has 174 valence electrons. The fourth-order valence-electron chi connectivity index (χ4n) is 3.17. The maximum Gasteiger partial charge on any atom is 0.494 e. The van der Waals surface area contributed by atoms with Gasteiger partial charge in [0.2, 0.25) is 0 Å². The number of alkyl halides is 1. The van der Waals surface area contributed by atoms with Gasteiger partial charge in [-0.2, -0.15) is 0 Å². The van der Waals surface area contributed by atoms with E-state index in [2.05, 4.69) is 5.32 Å². The zero-order valence-corrected chi connectivity index (χ0v) is 20.3. The number of nitrogens with one attached hydrogen (secondary N) is 1. The number of benzene rings is 1. The molecule has 0 aliphatic carbocycles. The summed E-state index contributed by atoms with van der Waals surface area (Å²) in [6.07, 6.45) is -0.968. The van der Waals surface area contributed by atoms with Crippen molar-refractivity contribution < 1.29 is 28.0 Å². The molecule has 31 heavy (non-hydrogen) atoms. The molecule has 6 nitrogen and oxygen atoms in total. The van der Waals surface area contributed by atoms with Crippen LogP contribution in [0, 0.1) is 0 Å². The number of halogens is 1. The lowest BCUT2D eigenvalue weighted by Crippen LogP contribution is -2.48. The van der Waals surface area contributed by atoms with Crippen LogP contribution in [0.1, 0.15) is 80.4 Å². The van der Waals surface area contributed by atoms with Crippen LogP contribution in [0.5, 0.6) is 0 Å². The van der Waals surface area contributed by atoms with E-state index in [4.69, 9.17) is 18.8 Å². The fourth-order valence-corrected chi connectivity index (χ4v) is 3.17. The monoisotopic (exact) mass is 437 g/mol. The van der Waals surface area contributed by atoms with Crippen molar-refractivity contribution in [1.82, 2.24) is 5.32 Å². The minimum absolute atomic E-state index is 0.162. The zero-order chi connectivity index (χ0) is 23.7. The van der Waals surface area contributed by atoms with E-state index in [-0.39, 0.29) is 6.42 Å². The van der Waals surface area contributed by atoms with Gasteiger partial charge in [-0.1, -0.05) is 24.3 Å². The summed E-state index contributed by atoms with van der Waals surface area (Å²) in [5.74, 6) is 0. The molecule has 1 fully saturated rings. The molecule has 1 aromatic rings. The summed E-state index contributed by atoms with van der Waals surface area (Å²) in [7, 11) is -0.468. The van der Waals surface area contributed by atoms with Gasteiger partial charge in [-0.3, -0.25) is 9.71 Å². The summed E-state index contributed by atoms with van der Waals surface area (Å²) < 4.78 is 36.8. The number of alkyl carbamates (subject to hydrolysis) is 1. The lowest BCUT2D eigenvalue weighted by molar-refractivity contribution is -0.0979. The molecule has 2 rings (SSSR count). The van der Waals surface area contributed by atoms with Gasteiger partial charge in [0, 0.05) is 6.42 Å². The maximum absolute atomic E-state index is 13.3. The highest BCUT2D eigenvalue weighted by Gasteiger charge is 2.51. The van der Waals surface area contributed by atoms with Crippen molar-refractivity contribution >= 4 is 18.7 Å². The van der Waals surface area contributed by atoms with Gasteiger partial charge in [0.15, 0.2) is 0 Å².